The van der Waals surface area contributed by atoms with Gasteiger partial charge in [-0.3, -0.25) is 4.79 Å². The predicted molar refractivity (Wildman–Crippen MR) is 95.5 cm³/mol. The Morgan fingerprint density at radius 1 is 1.31 bits per heavy atom. The molecule has 1 atom stereocenters. The minimum atomic E-state index is -0.882. The standard InChI is InChI=1S/C18H25N5O3/c1-11-9-20-17(21-14(11)19)22-6-4-18(5-7-22)8-13(16(25)26)23(10-18)15(24)12-2-3-12/h9,12-13H,2-8,10H2,1H3,(H,25,26)(H2,19,20,21). The Hall–Kier alpha value is -2.38. The number of aromatic nitrogens is 2. The van der Waals surface area contributed by atoms with E-state index in [1.165, 1.54) is 0 Å². The topological polar surface area (TPSA) is 113 Å². The van der Waals surface area contributed by atoms with Gasteiger partial charge in [0.1, 0.15) is 11.9 Å². The molecule has 26 heavy (non-hydrogen) atoms. The van der Waals surface area contributed by atoms with Crippen LogP contribution in [-0.2, 0) is 9.59 Å². The van der Waals surface area contributed by atoms with Gasteiger partial charge in [-0.1, -0.05) is 0 Å². The molecule has 1 amide bonds. The minimum absolute atomic E-state index is 0.0337. The molecule has 3 fully saturated rings. The second-order valence-corrected chi connectivity index (χ2v) is 8.02. The van der Waals surface area contributed by atoms with Crippen molar-refractivity contribution in [3.05, 3.63) is 11.8 Å². The van der Waals surface area contributed by atoms with Gasteiger partial charge >= 0.3 is 5.97 Å². The summed E-state index contributed by atoms with van der Waals surface area (Å²) in [6.07, 6.45) is 5.74. The molecule has 3 aliphatic rings. The van der Waals surface area contributed by atoms with Gasteiger partial charge in [0, 0.05) is 37.3 Å². The first-order valence-electron chi connectivity index (χ1n) is 9.26. The van der Waals surface area contributed by atoms with E-state index in [1.54, 1.807) is 11.1 Å². The first kappa shape index (κ1) is 17.1. The lowest BCUT2D eigenvalue weighted by atomic mass is 9.76. The molecule has 1 unspecified atom stereocenters. The summed E-state index contributed by atoms with van der Waals surface area (Å²) in [6.45, 7) is 3.94. The number of hydrogen-bond acceptors (Lipinski definition) is 6. The largest absolute Gasteiger partial charge is 0.480 e. The van der Waals surface area contributed by atoms with Crippen LogP contribution >= 0.6 is 0 Å². The van der Waals surface area contributed by atoms with Crippen LogP contribution in [0.5, 0.6) is 0 Å². The molecule has 3 heterocycles. The summed E-state index contributed by atoms with van der Waals surface area (Å²) in [6, 6.07) is -0.680. The molecule has 8 heteroatoms. The lowest BCUT2D eigenvalue weighted by molar-refractivity contribution is -0.148. The van der Waals surface area contributed by atoms with Gasteiger partial charge in [-0.15, -0.1) is 0 Å². The molecule has 8 nitrogen and oxygen atoms in total. The highest BCUT2D eigenvalue weighted by molar-refractivity contribution is 5.87. The molecule has 1 aliphatic carbocycles. The molecule has 0 aromatic carbocycles. The number of rotatable bonds is 3. The van der Waals surface area contributed by atoms with E-state index in [0.717, 1.165) is 44.3 Å². The van der Waals surface area contributed by atoms with E-state index in [2.05, 4.69) is 14.9 Å². The Labute approximate surface area is 152 Å². The third kappa shape index (κ3) is 2.97. The highest BCUT2D eigenvalue weighted by atomic mass is 16.4. The summed E-state index contributed by atoms with van der Waals surface area (Å²) < 4.78 is 0. The van der Waals surface area contributed by atoms with Crippen molar-refractivity contribution in [1.29, 1.82) is 0 Å². The van der Waals surface area contributed by atoms with Crippen molar-refractivity contribution in [3.8, 4) is 0 Å². The number of aliphatic carboxylic acids is 1. The highest BCUT2D eigenvalue weighted by Crippen LogP contribution is 2.45. The fourth-order valence-electron chi connectivity index (χ4n) is 4.21. The van der Waals surface area contributed by atoms with E-state index in [9.17, 15) is 14.7 Å². The van der Waals surface area contributed by atoms with Gasteiger partial charge in [0.05, 0.1) is 0 Å². The predicted octanol–water partition coefficient (Wildman–Crippen LogP) is 1.05. The molecule has 1 spiro atoms. The first-order chi connectivity index (χ1) is 12.4. The molecule has 2 aliphatic heterocycles. The third-order valence-electron chi connectivity index (χ3n) is 6.11. The SMILES string of the molecule is Cc1cnc(N2CCC3(CC2)CC(C(=O)O)N(C(=O)C2CC2)C3)nc1N. The Morgan fingerprint density at radius 3 is 2.58 bits per heavy atom. The highest BCUT2D eigenvalue weighted by Gasteiger charge is 2.51. The van der Waals surface area contributed by atoms with E-state index < -0.39 is 12.0 Å². The van der Waals surface area contributed by atoms with E-state index in [1.807, 2.05) is 6.92 Å². The third-order valence-corrected chi connectivity index (χ3v) is 6.11. The molecule has 140 valence electrons. The summed E-state index contributed by atoms with van der Waals surface area (Å²) in [5, 5.41) is 9.60. The van der Waals surface area contributed by atoms with Crippen LogP contribution in [0, 0.1) is 18.3 Å². The molecule has 1 saturated carbocycles. The van der Waals surface area contributed by atoms with Crippen LogP contribution in [0.25, 0.3) is 0 Å². The van der Waals surface area contributed by atoms with Crippen LogP contribution in [0.4, 0.5) is 11.8 Å². The zero-order valence-corrected chi connectivity index (χ0v) is 15.0. The van der Waals surface area contributed by atoms with Crippen molar-refractivity contribution in [2.45, 2.75) is 45.1 Å². The maximum atomic E-state index is 12.5. The van der Waals surface area contributed by atoms with Gasteiger partial charge in [-0.2, -0.15) is 4.98 Å². The van der Waals surface area contributed by atoms with Gasteiger partial charge in [-0.05, 0) is 44.4 Å². The molecule has 4 rings (SSSR count). The molecule has 2 saturated heterocycles. The number of aryl methyl sites for hydroxylation is 1. The van der Waals surface area contributed by atoms with Crippen molar-refractivity contribution in [2.75, 3.05) is 30.3 Å². The van der Waals surface area contributed by atoms with Gasteiger partial charge < -0.3 is 20.6 Å². The summed E-state index contributed by atoms with van der Waals surface area (Å²) in [4.78, 5) is 36.7. The van der Waals surface area contributed by atoms with Crippen LogP contribution in [0.1, 0.15) is 37.7 Å². The fraction of sp³-hybridized carbons (Fsp3) is 0.667. The minimum Gasteiger partial charge on any atom is -0.480 e. The van der Waals surface area contributed by atoms with Crippen molar-refractivity contribution in [1.82, 2.24) is 14.9 Å². The van der Waals surface area contributed by atoms with E-state index in [4.69, 9.17) is 5.73 Å². The number of anilines is 2. The first-order valence-corrected chi connectivity index (χ1v) is 9.26. The molecule has 0 bridgehead atoms. The number of carboxylic acids is 1. The normalized spacial score (nSPS) is 24.9. The van der Waals surface area contributed by atoms with Gasteiger partial charge in [0.25, 0.3) is 0 Å². The van der Waals surface area contributed by atoms with Crippen molar-refractivity contribution in [2.24, 2.45) is 11.3 Å². The smallest absolute Gasteiger partial charge is 0.326 e. The number of carboxylic acid groups (broad SMARTS) is 1. The average molecular weight is 359 g/mol. The Balaban J connectivity index is 1.46. The number of piperidine rings is 1. The van der Waals surface area contributed by atoms with Crippen LogP contribution in [0.15, 0.2) is 6.20 Å². The number of nitrogens with zero attached hydrogens (tertiary/aromatic N) is 4. The van der Waals surface area contributed by atoms with E-state index in [0.29, 0.717) is 24.7 Å². The molecular weight excluding hydrogens is 334 g/mol. The number of nitrogen functional groups attached to an aromatic ring is 1. The van der Waals surface area contributed by atoms with E-state index in [-0.39, 0.29) is 17.2 Å². The van der Waals surface area contributed by atoms with Gasteiger partial charge in [0.2, 0.25) is 11.9 Å². The monoisotopic (exact) mass is 359 g/mol. The van der Waals surface area contributed by atoms with E-state index >= 15 is 0 Å². The fourth-order valence-corrected chi connectivity index (χ4v) is 4.21. The molecular formula is C18H25N5O3. The Morgan fingerprint density at radius 2 is 2.00 bits per heavy atom. The van der Waals surface area contributed by atoms with Crippen molar-refractivity contribution in [3.63, 3.8) is 0 Å². The van der Waals surface area contributed by atoms with Gasteiger partial charge in [-0.25, -0.2) is 9.78 Å². The molecule has 3 N–H and O–H groups in total. The number of likely N-dealkylation sites (tertiary alicyclic amines) is 1. The van der Waals surface area contributed by atoms with Crippen molar-refractivity contribution >= 4 is 23.6 Å². The van der Waals surface area contributed by atoms with Crippen LogP contribution in [0.2, 0.25) is 0 Å². The molecule has 1 aromatic heterocycles. The number of amides is 1. The summed E-state index contributed by atoms with van der Waals surface area (Å²) in [5.41, 5.74) is 6.64. The second kappa shape index (κ2) is 6.10. The molecule has 0 radical (unpaired) electrons. The quantitative estimate of drug-likeness (QED) is 0.829. The lowest BCUT2D eigenvalue weighted by Gasteiger charge is -2.39. The number of hydrogen-bond donors (Lipinski definition) is 2. The van der Waals surface area contributed by atoms with Crippen molar-refractivity contribution < 1.29 is 14.7 Å². The Kier molecular flexibility index (Phi) is 4.00. The lowest BCUT2D eigenvalue weighted by Crippen LogP contribution is -2.44. The average Bonchev–Trinajstić information content (AvgIpc) is 3.40. The number of carbonyl (C=O) groups excluding carboxylic acids is 1. The number of nitrogens with two attached hydrogens (primary N) is 1. The zero-order valence-electron chi connectivity index (χ0n) is 15.0. The molecule has 1 aromatic rings. The maximum Gasteiger partial charge on any atom is 0.326 e. The summed E-state index contributed by atoms with van der Waals surface area (Å²) >= 11 is 0. The second-order valence-electron chi connectivity index (χ2n) is 8.02. The van der Waals surface area contributed by atoms with Gasteiger partial charge in [0.15, 0.2) is 0 Å². The van der Waals surface area contributed by atoms with Crippen LogP contribution in [-0.4, -0.2) is 57.5 Å². The summed E-state index contributed by atoms with van der Waals surface area (Å²) in [7, 11) is 0. The zero-order chi connectivity index (χ0) is 18.5. The summed E-state index contributed by atoms with van der Waals surface area (Å²) in [5.74, 6) is 0.320. The number of carbonyl (C=O) groups is 2. The van der Waals surface area contributed by atoms with Crippen LogP contribution in [0.3, 0.4) is 0 Å². The van der Waals surface area contributed by atoms with Crippen LogP contribution < -0.4 is 10.6 Å². The maximum absolute atomic E-state index is 12.5. The Bertz CT molecular complexity index is 740.